The van der Waals surface area contributed by atoms with Crippen LogP contribution in [0.4, 0.5) is 0 Å². The van der Waals surface area contributed by atoms with E-state index in [0.29, 0.717) is 11.5 Å². The number of nitrogens with zero attached hydrogens (tertiary/aromatic N) is 3. The van der Waals surface area contributed by atoms with Gasteiger partial charge in [-0.15, -0.1) is 0 Å². The van der Waals surface area contributed by atoms with E-state index in [1.807, 2.05) is 47.3 Å². The van der Waals surface area contributed by atoms with E-state index in [-0.39, 0.29) is 0 Å². The number of hydrogen-bond donors (Lipinski definition) is 0. The van der Waals surface area contributed by atoms with Crippen molar-refractivity contribution in [2.75, 3.05) is 21.3 Å². The van der Waals surface area contributed by atoms with E-state index in [1.54, 1.807) is 21.3 Å². The van der Waals surface area contributed by atoms with Gasteiger partial charge in [0.2, 0.25) is 0 Å². The van der Waals surface area contributed by atoms with E-state index < -0.39 is 0 Å². The van der Waals surface area contributed by atoms with Gasteiger partial charge in [-0.25, -0.2) is 4.68 Å². The fourth-order valence-corrected chi connectivity index (χ4v) is 4.13. The summed E-state index contributed by atoms with van der Waals surface area (Å²) in [5.41, 5.74) is 7.04. The van der Waals surface area contributed by atoms with Crippen molar-refractivity contribution in [1.82, 2.24) is 14.8 Å². The topological polar surface area (TPSA) is 58.4 Å². The van der Waals surface area contributed by atoms with E-state index in [4.69, 9.17) is 24.3 Å². The Balaban J connectivity index is 1.86. The molecule has 0 bridgehead atoms. The van der Waals surface area contributed by atoms with E-state index in [9.17, 15) is 0 Å². The molecule has 5 rings (SSSR count). The van der Waals surface area contributed by atoms with Gasteiger partial charge in [0, 0.05) is 22.5 Å². The fourth-order valence-electron chi connectivity index (χ4n) is 4.13. The lowest BCUT2D eigenvalue weighted by atomic mass is 10.1. The van der Waals surface area contributed by atoms with Crippen LogP contribution in [0.5, 0.6) is 17.2 Å². The molecule has 0 N–H and O–H groups in total. The Hall–Kier alpha value is -4.06. The van der Waals surface area contributed by atoms with Gasteiger partial charge < -0.3 is 14.2 Å². The molecule has 6 heteroatoms. The van der Waals surface area contributed by atoms with Gasteiger partial charge in [-0.1, -0.05) is 6.07 Å². The first-order valence-electron chi connectivity index (χ1n) is 10.7. The summed E-state index contributed by atoms with van der Waals surface area (Å²) >= 11 is 0. The van der Waals surface area contributed by atoms with Crippen LogP contribution in [0.1, 0.15) is 11.1 Å². The zero-order chi connectivity index (χ0) is 23.1. The van der Waals surface area contributed by atoms with Crippen LogP contribution in [0.3, 0.4) is 0 Å². The van der Waals surface area contributed by atoms with Crippen LogP contribution >= 0.6 is 0 Å². The molecule has 2 aromatic heterocycles. The first-order chi connectivity index (χ1) is 16.0. The normalized spacial score (nSPS) is 11.2. The van der Waals surface area contributed by atoms with Gasteiger partial charge >= 0.3 is 0 Å². The minimum Gasteiger partial charge on any atom is -0.497 e. The van der Waals surface area contributed by atoms with Crippen molar-refractivity contribution in [3.05, 3.63) is 71.9 Å². The number of hydrogen-bond acceptors (Lipinski definition) is 5. The number of rotatable bonds is 5. The highest BCUT2D eigenvalue weighted by Gasteiger charge is 2.19. The molecule has 3 aromatic carbocycles. The Morgan fingerprint density at radius 3 is 2.27 bits per heavy atom. The summed E-state index contributed by atoms with van der Waals surface area (Å²) in [6.07, 6.45) is 1.89. The van der Waals surface area contributed by atoms with Crippen LogP contribution in [0.25, 0.3) is 38.8 Å². The van der Waals surface area contributed by atoms with Gasteiger partial charge in [-0.05, 0) is 73.5 Å². The summed E-state index contributed by atoms with van der Waals surface area (Å²) < 4.78 is 18.5. The number of aryl methyl sites for hydroxylation is 2. The van der Waals surface area contributed by atoms with Crippen molar-refractivity contribution in [2.24, 2.45) is 0 Å². The molecule has 0 spiro atoms. The van der Waals surface area contributed by atoms with E-state index in [1.165, 1.54) is 11.1 Å². The number of aromatic nitrogens is 3. The number of pyridine rings is 1. The lowest BCUT2D eigenvalue weighted by molar-refractivity contribution is 0.355. The van der Waals surface area contributed by atoms with Crippen LogP contribution in [0, 0.1) is 13.8 Å². The summed E-state index contributed by atoms with van der Waals surface area (Å²) in [4.78, 5) is 4.72. The molecule has 0 fully saturated rings. The number of methoxy groups -OCH3 is 3. The van der Waals surface area contributed by atoms with Crippen molar-refractivity contribution in [3.63, 3.8) is 0 Å². The largest absolute Gasteiger partial charge is 0.497 e. The van der Waals surface area contributed by atoms with Gasteiger partial charge in [0.15, 0.2) is 11.5 Å². The quantitative estimate of drug-likeness (QED) is 0.342. The van der Waals surface area contributed by atoms with E-state index in [0.717, 1.165) is 44.5 Å². The molecule has 6 nitrogen and oxygen atoms in total. The Morgan fingerprint density at radius 2 is 1.55 bits per heavy atom. The fraction of sp³-hybridized carbons (Fsp3) is 0.185. The second-order valence-electron chi connectivity index (χ2n) is 8.00. The van der Waals surface area contributed by atoms with Crippen molar-refractivity contribution in [1.29, 1.82) is 0 Å². The summed E-state index contributed by atoms with van der Waals surface area (Å²) in [5.74, 6) is 2.10. The minimum atomic E-state index is 0.652. The summed E-state index contributed by atoms with van der Waals surface area (Å²) in [6.45, 7) is 4.22. The van der Waals surface area contributed by atoms with Crippen molar-refractivity contribution >= 4 is 21.8 Å². The highest BCUT2D eigenvalue weighted by atomic mass is 16.5. The van der Waals surface area contributed by atoms with Gasteiger partial charge in [0.05, 0.1) is 38.1 Å². The Kier molecular flexibility index (Phi) is 5.13. The third-order valence-electron chi connectivity index (χ3n) is 6.11. The first kappa shape index (κ1) is 20.8. The number of ether oxygens (including phenoxy) is 3. The molecule has 0 aliphatic heterocycles. The zero-order valence-corrected chi connectivity index (χ0v) is 19.3. The summed E-state index contributed by atoms with van der Waals surface area (Å²) in [6, 6.07) is 18.1. The predicted molar refractivity (Wildman–Crippen MR) is 131 cm³/mol. The molecule has 2 heterocycles. The van der Waals surface area contributed by atoms with Crippen LogP contribution in [-0.2, 0) is 0 Å². The van der Waals surface area contributed by atoms with Gasteiger partial charge in [0.25, 0.3) is 0 Å². The third-order valence-corrected chi connectivity index (χ3v) is 6.11. The minimum absolute atomic E-state index is 0.652. The highest BCUT2D eigenvalue weighted by Crippen LogP contribution is 2.38. The molecule has 0 radical (unpaired) electrons. The molecular formula is C27H25N3O3. The van der Waals surface area contributed by atoms with Crippen LogP contribution < -0.4 is 14.2 Å². The van der Waals surface area contributed by atoms with Crippen molar-refractivity contribution in [2.45, 2.75) is 13.8 Å². The van der Waals surface area contributed by atoms with Gasteiger partial charge in [-0.2, -0.15) is 5.10 Å². The predicted octanol–water partition coefficient (Wildman–Crippen LogP) is 5.88. The molecule has 5 aromatic rings. The summed E-state index contributed by atoms with van der Waals surface area (Å²) in [7, 11) is 4.93. The molecule has 33 heavy (non-hydrogen) atoms. The molecule has 166 valence electrons. The highest BCUT2D eigenvalue weighted by molar-refractivity contribution is 6.09. The van der Waals surface area contributed by atoms with E-state index in [2.05, 4.69) is 32.0 Å². The Morgan fingerprint density at radius 1 is 0.727 bits per heavy atom. The van der Waals surface area contributed by atoms with Gasteiger partial charge in [-0.3, -0.25) is 4.98 Å². The van der Waals surface area contributed by atoms with Gasteiger partial charge in [0.1, 0.15) is 11.4 Å². The van der Waals surface area contributed by atoms with Crippen molar-refractivity contribution in [3.8, 4) is 34.2 Å². The molecular weight excluding hydrogens is 414 g/mol. The molecule has 0 aliphatic rings. The van der Waals surface area contributed by atoms with Crippen molar-refractivity contribution < 1.29 is 14.2 Å². The standard InChI is InChI=1S/C27H25N3O3/c1-16-6-8-19(12-17(16)2)30-27-21-14-20(31-3)9-10-23(21)28-15-22(27)26(29-30)18-7-11-24(32-4)25(13-18)33-5/h6-15H,1-5H3. The second kappa shape index (κ2) is 8.13. The smallest absolute Gasteiger partial charge is 0.161 e. The van der Waals surface area contributed by atoms with Crippen LogP contribution in [0.2, 0.25) is 0 Å². The SMILES string of the molecule is COc1ccc2ncc3c(-c4ccc(OC)c(OC)c4)nn(-c4ccc(C)c(C)c4)c3c2c1. The number of benzene rings is 3. The maximum atomic E-state index is 5.54. The average Bonchev–Trinajstić information content (AvgIpc) is 3.25. The molecule has 0 saturated heterocycles. The average molecular weight is 440 g/mol. The maximum Gasteiger partial charge on any atom is 0.161 e. The lowest BCUT2D eigenvalue weighted by Crippen LogP contribution is -1.99. The Labute approximate surface area is 192 Å². The first-order valence-corrected chi connectivity index (χ1v) is 10.7. The zero-order valence-electron chi connectivity index (χ0n) is 19.3. The summed E-state index contributed by atoms with van der Waals surface area (Å²) in [5, 5.41) is 7.00. The maximum absolute atomic E-state index is 5.54. The molecule has 0 aliphatic carbocycles. The second-order valence-corrected chi connectivity index (χ2v) is 8.00. The van der Waals surface area contributed by atoms with E-state index >= 15 is 0 Å². The van der Waals surface area contributed by atoms with Crippen LogP contribution in [0.15, 0.2) is 60.8 Å². The molecule has 0 amide bonds. The molecule has 0 saturated carbocycles. The molecule has 0 unspecified atom stereocenters. The molecule has 0 atom stereocenters. The lowest BCUT2D eigenvalue weighted by Gasteiger charge is -2.09. The number of fused-ring (bicyclic) bond motifs is 3. The van der Waals surface area contributed by atoms with Crippen LogP contribution in [-0.4, -0.2) is 36.1 Å². The Bertz CT molecular complexity index is 1500. The monoisotopic (exact) mass is 439 g/mol. The third kappa shape index (κ3) is 3.44.